The van der Waals surface area contributed by atoms with E-state index in [1.165, 1.54) is 0 Å². The van der Waals surface area contributed by atoms with Crippen molar-refractivity contribution in [3.63, 3.8) is 0 Å². The van der Waals surface area contributed by atoms with Crippen LogP contribution < -0.4 is 0 Å². The van der Waals surface area contributed by atoms with Crippen LogP contribution in [0.15, 0.2) is 0 Å². The lowest BCUT2D eigenvalue weighted by Crippen LogP contribution is -2.29. The highest BCUT2D eigenvalue weighted by molar-refractivity contribution is 5.69. The highest BCUT2D eigenvalue weighted by Crippen LogP contribution is 2.28. The predicted molar refractivity (Wildman–Crippen MR) is 104 cm³/mol. The molecule has 0 aliphatic carbocycles. The van der Waals surface area contributed by atoms with Crippen LogP contribution in [0.2, 0.25) is 0 Å². The molecule has 11 heteroatoms. The number of ether oxygens (including phenoxy) is 7. The summed E-state index contributed by atoms with van der Waals surface area (Å²) in [7, 11) is 0. The van der Waals surface area contributed by atoms with Gasteiger partial charge in [0.1, 0.15) is 25.4 Å². The lowest BCUT2D eigenvalue weighted by atomic mass is 10.2. The molecule has 2 aliphatic rings. The third-order valence-corrected chi connectivity index (χ3v) is 4.94. The van der Waals surface area contributed by atoms with Crippen molar-refractivity contribution < 1.29 is 53.0 Å². The van der Waals surface area contributed by atoms with Crippen LogP contribution in [0.3, 0.4) is 0 Å². The van der Waals surface area contributed by atoms with Gasteiger partial charge in [0.25, 0.3) is 0 Å². The summed E-state index contributed by atoms with van der Waals surface area (Å²) in [6.07, 6.45) is 0.170. The molecule has 2 aliphatic heterocycles. The molecule has 0 amide bonds. The summed E-state index contributed by atoms with van der Waals surface area (Å²) in [4.78, 5) is 23.6. The van der Waals surface area contributed by atoms with Gasteiger partial charge in [-0.15, -0.1) is 0 Å². The maximum absolute atomic E-state index is 11.8. The third-order valence-electron chi connectivity index (χ3n) is 4.94. The first-order chi connectivity index (χ1) is 14.8. The van der Waals surface area contributed by atoms with Gasteiger partial charge in [0.2, 0.25) is 0 Å². The summed E-state index contributed by atoms with van der Waals surface area (Å²) in [5, 5.41) is 18.1. The summed E-state index contributed by atoms with van der Waals surface area (Å²) in [5.41, 5.74) is 0. The SMILES string of the molecule is CC1(CCC(=O)OCCOCCOC(=O)CCC2(C)OCC(CO)O2)OCC(CO)O1. The fourth-order valence-corrected chi connectivity index (χ4v) is 3.16. The molecule has 2 N–H and O–H groups in total. The topological polar surface area (TPSA) is 139 Å². The summed E-state index contributed by atoms with van der Waals surface area (Å²) in [6.45, 7) is 4.33. The molecule has 0 aromatic rings. The molecule has 0 radical (unpaired) electrons. The van der Waals surface area contributed by atoms with Crippen molar-refractivity contribution in [1.29, 1.82) is 0 Å². The summed E-state index contributed by atoms with van der Waals surface area (Å²) in [6, 6.07) is 0. The van der Waals surface area contributed by atoms with Crippen molar-refractivity contribution in [2.45, 2.75) is 63.3 Å². The summed E-state index contributed by atoms with van der Waals surface area (Å²) in [5.74, 6) is -2.57. The van der Waals surface area contributed by atoms with Gasteiger partial charge in [0, 0.05) is 12.8 Å². The van der Waals surface area contributed by atoms with Gasteiger partial charge in [0.05, 0.1) is 52.5 Å². The third kappa shape index (κ3) is 9.36. The first kappa shape index (κ1) is 25.9. The van der Waals surface area contributed by atoms with E-state index in [9.17, 15) is 9.59 Å². The Kier molecular flexibility index (Phi) is 10.6. The number of esters is 2. The molecule has 0 aromatic carbocycles. The summed E-state index contributed by atoms with van der Waals surface area (Å²) < 4.78 is 37.4. The van der Waals surface area contributed by atoms with Crippen LogP contribution in [0.25, 0.3) is 0 Å². The summed E-state index contributed by atoms with van der Waals surface area (Å²) >= 11 is 0. The molecule has 0 aromatic heterocycles. The van der Waals surface area contributed by atoms with E-state index in [2.05, 4.69) is 0 Å². The number of hydrogen-bond donors (Lipinski definition) is 2. The van der Waals surface area contributed by atoms with Crippen LogP contribution in [0.5, 0.6) is 0 Å². The van der Waals surface area contributed by atoms with Gasteiger partial charge in [-0.1, -0.05) is 0 Å². The van der Waals surface area contributed by atoms with Gasteiger partial charge in [-0.3, -0.25) is 9.59 Å². The standard InChI is InChI=1S/C20H34O11/c1-19(28-13-15(11-21)30-19)5-3-17(23)26-9-7-25-8-10-27-18(24)4-6-20(2)29-14-16(12-22)31-20/h15-16,21-22H,3-14H2,1-2H3. The number of carbonyl (C=O) groups excluding carboxylic acids is 2. The molecular weight excluding hydrogens is 416 g/mol. The Balaban J connectivity index is 1.43. The van der Waals surface area contributed by atoms with Crippen LogP contribution in [0, 0.1) is 0 Å². The molecule has 4 unspecified atom stereocenters. The van der Waals surface area contributed by atoms with Crippen molar-refractivity contribution >= 4 is 11.9 Å². The lowest BCUT2D eigenvalue weighted by molar-refractivity contribution is -0.171. The normalized spacial score (nSPS) is 30.5. The van der Waals surface area contributed by atoms with E-state index in [1.807, 2.05) is 0 Å². The minimum Gasteiger partial charge on any atom is -0.463 e. The number of rotatable bonds is 14. The zero-order chi connectivity index (χ0) is 22.7. The Morgan fingerprint density at radius 1 is 0.806 bits per heavy atom. The number of carbonyl (C=O) groups is 2. The van der Waals surface area contributed by atoms with Crippen LogP contribution in [-0.4, -0.2) is 98.8 Å². The average molecular weight is 450 g/mol. The van der Waals surface area contributed by atoms with E-state index in [1.54, 1.807) is 13.8 Å². The van der Waals surface area contributed by atoms with Gasteiger partial charge in [-0.05, 0) is 13.8 Å². The molecule has 31 heavy (non-hydrogen) atoms. The van der Waals surface area contributed by atoms with Gasteiger partial charge in [-0.25, -0.2) is 0 Å². The van der Waals surface area contributed by atoms with Gasteiger partial charge < -0.3 is 43.4 Å². The predicted octanol–water partition coefficient (Wildman–Crippen LogP) is -0.102. The molecule has 11 nitrogen and oxygen atoms in total. The molecule has 0 spiro atoms. The zero-order valence-corrected chi connectivity index (χ0v) is 18.2. The molecule has 2 rings (SSSR count). The Morgan fingerprint density at radius 3 is 1.58 bits per heavy atom. The van der Waals surface area contributed by atoms with E-state index < -0.39 is 23.5 Å². The van der Waals surface area contributed by atoms with Crippen molar-refractivity contribution in [1.82, 2.24) is 0 Å². The first-order valence-electron chi connectivity index (χ1n) is 10.5. The Bertz CT molecular complexity index is 523. The maximum atomic E-state index is 11.8. The van der Waals surface area contributed by atoms with Crippen LogP contribution in [-0.2, 0) is 42.7 Å². The van der Waals surface area contributed by atoms with E-state index >= 15 is 0 Å². The highest BCUT2D eigenvalue weighted by atomic mass is 16.8. The van der Waals surface area contributed by atoms with E-state index in [-0.39, 0.29) is 64.7 Å². The number of hydrogen-bond acceptors (Lipinski definition) is 11. The molecule has 0 saturated carbocycles. The van der Waals surface area contributed by atoms with Crippen molar-refractivity contribution in [2.24, 2.45) is 0 Å². The molecule has 2 heterocycles. The second-order valence-electron chi connectivity index (χ2n) is 7.79. The first-order valence-corrected chi connectivity index (χ1v) is 10.5. The monoisotopic (exact) mass is 450 g/mol. The van der Waals surface area contributed by atoms with Crippen molar-refractivity contribution in [3.8, 4) is 0 Å². The number of aliphatic hydroxyl groups excluding tert-OH is 2. The van der Waals surface area contributed by atoms with Crippen molar-refractivity contribution in [2.75, 3.05) is 52.9 Å². The number of aliphatic hydroxyl groups is 2. The fraction of sp³-hybridized carbons (Fsp3) is 0.900. The average Bonchev–Trinajstić information content (AvgIpc) is 3.33. The minimum atomic E-state index is -0.888. The van der Waals surface area contributed by atoms with E-state index in [0.29, 0.717) is 26.1 Å². The quantitative estimate of drug-likeness (QED) is 0.271. The molecule has 2 saturated heterocycles. The van der Waals surface area contributed by atoms with Gasteiger partial charge in [0.15, 0.2) is 11.6 Å². The van der Waals surface area contributed by atoms with Crippen LogP contribution >= 0.6 is 0 Å². The maximum Gasteiger partial charge on any atom is 0.306 e. The zero-order valence-electron chi connectivity index (χ0n) is 18.2. The second kappa shape index (κ2) is 12.6. The molecule has 0 bridgehead atoms. The highest BCUT2D eigenvalue weighted by Gasteiger charge is 2.38. The molecule has 180 valence electrons. The molecular formula is C20H34O11. The Hall–Kier alpha value is -1.34. The second-order valence-corrected chi connectivity index (χ2v) is 7.79. The van der Waals surface area contributed by atoms with E-state index in [4.69, 9.17) is 43.4 Å². The Labute approximate surface area is 181 Å². The van der Waals surface area contributed by atoms with Crippen LogP contribution in [0.4, 0.5) is 0 Å². The smallest absolute Gasteiger partial charge is 0.306 e. The lowest BCUT2D eigenvalue weighted by Gasteiger charge is -2.22. The largest absolute Gasteiger partial charge is 0.463 e. The molecule has 4 atom stereocenters. The van der Waals surface area contributed by atoms with Gasteiger partial charge in [-0.2, -0.15) is 0 Å². The van der Waals surface area contributed by atoms with Gasteiger partial charge >= 0.3 is 11.9 Å². The fourth-order valence-electron chi connectivity index (χ4n) is 3.16. The minimum absolute atomic E-state index is 0.0868. The van der Waals surface area contributed by atoms with Crippen LogP contribution in [0.1, 0.15) is 39.5 Å². The molecule has 2 fully saturated rings. The van der Waals surface area contributed by atoms with E-state index in [0.717, 1.165) is 0 Å². The van der Waals surface area contributed by atoms with Crippen molar-refractivity contribution in [3.05, 3.63) is 0 Å². The Morgan fingerprint density at radius 2 is 1.23 bits per heavy atom.